The molecule has 3 fully saturated rings. The third-order valence-corrected chi connectivity index (χ3v) is 15.1. The van der Waals surface area contributed by atoms with Gasteiger partial charge in [0.05, 0.1) is 29.9 Å². The smallest absolute Gasteiger partial charge is 0.408 e. The number of esters is 4. The highest BCUT2D eigenvalue weighted by molar-refractivity contribution is 7.80. The Labute approximate surface area is 438 Å². The summed E-state index contributed by atoms with van der Waals surface area (Å²) in [6.45, 7) is 9.84. The number of Topliss-reactive ketones (excluding diaryl/α,β-unsaturated/α-hetero) is 1. The van der Waals surface area contributed by atoms with Gasteiger partial charge >= 0.3 is 36.1 Å². The van der Waals surface area contributed by atoms with Crippen molar-refractivity contribution in [1.82, 2.24) is 16.0 Å². The molecular formula is C54H62FN3O16S. The van der Waals surface area contributed by atoms with Crippen molar-refractivity contribution in [3.63, 3.8) is 0 Å². The van der Waals surface area contributed by atoms with Gasteiger partial charge in [0, 0.05) is 49.6 Å². The summed E-state index contributed by atoms with van der Waals surface area (Å²) < 4.78 is 57.5. The molecule has 4 aliphatic rings. The Balaban J connectivity index is 1.47. The van der Waals surface area contributed by atoms with Crippen LogP contribution in [-0.4, -0.2) is 126 Å². The monoisotopic (exact) mass is 1060 g/mol. The van der Waals surface area contributed by atoms with Gasteiger partial charge in [0.2, 0.25) is 6.10 Å². The number of nitrogens with one attached hydrogen (secondary N) is 3. The van der Waals surface area contributed by atoms with Crippen LogP contribution < -0.4 is 16.0 Å². The number of carbonyl (C=O) groups is 8. The Morgan fingerprint density at radius 3 is 2.05 bits per heavy atom. The van der Waals surface area contributed by atoms with Crippen molar-refractivity contribution < 1.29 is 81.0 Å². The topological polar surface area (TPSA) is 257 Å². The molecule has 3 aromatic carbocycles. The van der Waals surface area contributed by atoms with E-state index in [1.54, 1.807) is 62.4 Å². The van der Waals surface area contributed by atoms with Crippen LogP contribution in [0.5, 0.6) is 0 Å². The van der Waals surface area contributed by atoms with E-state index < -0.39 is 137 Å². The molecule has 0 radical (unpaired) electrons. The summed E-state index contributed by atoms with van der Waals surface area (Å²) in [5.41, 5.74) is -8.38. The maximum absolute atomic E-state index is 16.3. The molecule has 3 amide bonds. The molecule has 2 bridgehead atoms. The van der Waals surface area contributed by atoms with Crippen LogP contribution in [0, 0.1) is 22.6 Å². The highest BCUT2D eigenvalue weighted by atomic mass is 32.1. The van der Waals surface area contributed by atoms with Crippen molar-refractivity contribution in [1.29, 1.82) is 0 Å². The fourth-order valence-electron chi connectivity index (χ4n) is 11.2. The molecule has 19 nitrogen and oxygen atoms in total. The number of ketones is 1. The van der Waals surface area contributed by atoms with Gasteiger partial charge in [-0.2, -0.15) is 12.6 Å². The van der Waals surface area contributed by atoms with Gasteiger partial charge in [0.1, 0.15) is 41.9 Å². The number of alkyl carbamates (subject to hydrolysis) is 2. The first kappa shape index (κ1) is 55.9. The molecule has 7 rings (SSSR count). The number of hydrogen-bond donors (Lipinski definition) is 5. The standard InChI is InChI=1S/C54H62FN3O16S/c1-8-56-49(65)71-41-39-29(3)35(69-48(64)42(72-50(66)57-9-2)40(31-16-12-10-13-17-31)58-46(62)32-18-14-11-15-19-32)27-54(67,51(39,5)6)45(73-47(63)33-20-22-34(55)23-21-33)43-52(7,44(41)61)36(70-38(60)24-25-75)26-37-53(43,28-68-37)74-30(4)59/h10-23,35-37,40-43,45,67,75H,8-9,24-28H2,1-7H3,(H,56,65)(H,57,66)(H,58,62)/t35-,36-,37+,40-,41+,42+,43?,45-,52+,53-,54+/m0/s1. The lowest BCUT2D eigenvalue weighted by Gasteiger charge is -2.67. The van der Waals surface area contributed by atoms with E-state index in [9.17, 15) is 38.3 Å². The average Bonchev–Trinajstić information content (AvgIpc) is 3.36. The summed E-state index contributed by atoms with van der Waals surface area (Å²) in [7, 11) is 0. The van der Waals surface area contributed by atoms with E-state index in [-0.39, 0.29) is 54.0 Å². The second kappa shape index (κ2) is 22.6. The number of carbonyl (C=O) groups excluding carboxylic acids is 8. The lowest BCUT2D eigenvalue weighted by molar-refractivity contribution is -0.346. The summed E-state index contributed by atoms with van der Waals surface area (Å²) in [4.78, 5) is 114. The Morgan fingerprint density at radius 2 is 1.47 bits per heavy atom. The number of halogens is 1. The van der Waals surface area contributed by atoms with Crippen LogP contribution >= 0.6 is 12.6 Å². The predicted molar refractivity (Wildman–Crippen MR) is 266 cm³/mol. The number of fused-ring (bicyclic) bond motifs is 5. The number of hydrogen-bond acceptors (Lipinski definition) is 17. The minimum Gasteiger partial charge on any atom is -0.461 e. The lowest BCUT2D eigenvalue weighted by atomic mass is 9.44. The second-order valence-corrected chi connectivity index (χ2v) is 20.1. The van der Waals surface area contributed by atoms with E-state index in [0.29, 0.717) is 5.56 Å². The van der Waals surface area contributed by atoms with Crippen LogP contribution in [0.15, 0.2) is 96.1 Å². The Kier molecular flexibility index (Phi) is 16.8. The first-order valence-electron chi connectivity index (χ1n) is 24.6. The Hall–Kier alpha value is -6.84. The van der Waals surface area contributed by atoms with Crippen LogP contribution in [0.3, 0.4) is 0 Å². The van der Waals surface area contributed by atoms with Crippen molar-refractivity contribution in [2.45, 2.75) is 122 Å². The van der Waals surface area contributed by atoms with E-state index in [1.165, 1.54) is 39.8 Å². The van der Waals surface area contributed by atoms with Crippen molar-refractivity contribution in [3.05, 3.63) is 119 Å². The molecule has 1 aliphatic heterocycles. The highest BCUT2D eigenvalue weighted by Gasteiger charge is 2.79. The molecule has 4 N–H and O–H groups in total. The fourth-order valence-corrected chi connectivity index (χ4v) is 11.4. The zero-order valence-corrected chi connectivity index (χ0v) is 43.4. The molecule has 402 valence electrons. The first-order chi connectivity index (χ1) is 35.6. The van der Waals surface area contributed by atoms with Crippen LogP contribution in [0.25, 0.3) is 0 Å². The average molecular weight is 1060 g/mol. The predicted octanol–water partition coefficient (Wildman–Crippen LogP) is 5.68. The highest BCUT2D eigenvalue weighted by Crippen LogP contribution is 2.65. The summed E-state index contributed by atoms with van der Waals surface area (Å²) >= 11 is 4.20. The zero-order valence-electron chi connectivity index (χ0n) is 42.5. The van der Waals surface area contributed by atoms with Gasteiger partial charge in [-0.1, -0.05) is 62.4 Å². The number of benzene rings is 3. The maximum atomic E-state index is 16.3. The van der Waals surface area contributed by atoms with Crippen molar-refractivity contribution in [2.24, 2.45) is 16.7 Å². The number of ether oxygens (including phenoxy) is 7. The van der Waals surface area contributed by atoms with Gasteiger partial charge in [-0.05, 0) is 80.8 Å². The van der Waals surface area contributed by atoms with E-state index in [1.807, 2.05) is 0 Å². The van der Waals surface area contributed by atoms with E-state index in [2.05, 4.69) is 28.6 Å². The molecule has 1 heterocycles. The van der Waals surface area contributed by atoms with Crippen molar-refractivity contribution in [3.8, 4) is 0 Å². The molecule has 75 heavy (non-hydrogen) atoms. The summed E-state index contributed by atoms with van der Waals surface area (Å²) in [5.74, 6) is -8.08. The minimum absolute atomic E-state index is 0.0293. The van der Waals surface area contributed by atoms with Gasteiger partial charge in [0.15, 0.2) is 17.5 Å². The van der Waals surface area contributed by atoms with E-state index in [0.717, 1.165) is 31.2 Å². The van der Waals surface area contributed by atoms with Gasteiger partial charge in [-0.25, -0.2) is 23.6 Å². The Bertz CT molecular complexity index is 2710. The summed E-state index contributed by atoms with van der Waals surface area (Å²) in [6, 6.07) is 19.0. The summed E-state index contributed by atoms with van der Waals surface area (Å²) in [5, 5.41) is 22.0. The quantitative estimate of drug-likeness (QED) is 0.0500. The maximum Gasteiger partial charge on any atom is 0.408 e. The molecule has 3 aromatic rings. The Morgan fingerprint density at radius 1 is 0.840 bits per heavy atom. The van der Waals surface area contributed by atoms with Gasteiger partial charge in [0.25, 0.3) is 5.91 Å². The molecular weight excluding hydrogens is 998 g/mol. The van der Waals surface area contributed by atoms with Crippen LogP contribution in [0.1, 0.15) is 100 Å². The second-order valence-electron chi connectivity index (χ2n) is 19.7. The number of amides is 3. The number of rotatable bonds is 16. The number of thiol groups is 1. The van der Waals surface area contributed by atoms with Crippen LogP contribution in [-0.2, 0) is 52.3 Å². The first-order valence-corrected chi connectivity index (χ1v) is 25.3. The zero-order chi connectivity index (χ0) is 54.6. The van der Waals surface area contributed by atoms with E-state index >= 15 is 9.59 Å². The van der Waals surface area contributed by atoms with E-state index in [4.69, 9.17) is 33.2 Å². The third-order valence-electron chi connectivity index (χ3n) is 14.9. The molecule has 21 heteroatoms. The molecule has 3 aliphatic carbocycles. The molecule has 1 unspecified atom stereocenters. The summed E-state index contributed by atoms with van der Waals surface area (Å²) in [6.07, 6.45) is -13.7. The fraction of sp³-hybridized carbons (Fsp3) is 0.481. The van der Waals surface area contributed by atoms with Crippen LogP contribution in [0.4, 0.5) is 14.0 Å². The third kappa shape index (κ3) is 10.7. The van der Waals surface area contributed by atoms with Crippen molar-refractivity contribution >= 4 is 60.4 Å². The molecule has 2 saturated carbocycles. The van der Waals surface area contributed by atoms with Gasteiger partial charge in [-0.3, -0.25) is 19.2 Å². The number of aliphatic hydroxyl groups is 1. The SMILES string of the molecule is CCNC(=O)O[C@H]1C(=O)[C@@]2(C)C([C@H](OC(=O)c3ccc(F)cc3)[C@]3(O)C[C@H](OC(=O)[C@H](OC(=O)NCC)[C@@H](NC(=O)c4ccccc4)c4ccccc4)C(C)=C1C3(C)C)[C@]1(OC(C)=O)CO[C@@H]1C[C@@H]2OC(=O)CCS. The normalized spacial score (nSPS) is 28.1. The van der Waals surface area contributed by atoms with Crippen molar-refractivity contribution in [2.75, 3.05) is 25.4 Å². The largest absolute Gasteiger partial charge is 0.461 e. The van der Waals surface area contributed by atoms with Crippen LogP contribution in [0.2, 0.25) is 0 Å². The lowest BCUT2D eigenvalue weighted by Crippen LogP contribution is -2.82. The van der Waals surface area contributed by atoms with Gasteiger partial charge in [-0.15, -0.1) is 0 Å². The molecule has 1 saturated heterocycles. The molecule has 11 atom stereocenters. The minimum atomic E-state index is -2.60. The molecule has 0 spiro atoms. The van der Waals surface area contributed by atoms with Gasteiger partial charge < -0.3 is 54.2 Å². The molecule has 0 aromatic heterocycles.